The molecule has 2 heterocycles. The molecule has 2 N–H and O–H groups in total. The Balaban J connectivity index is 0.00000240. The summed E-state index contributed by atoms with van der Waals surface area (Å²) in [6.45, 7) is 2.65. The molecule has 0 saturated carbocycles. The van der Waals surface area contributed by atoms with Crippen LogP contribution in [0.15, 0.2) is 48.5 Å². The summed E-state index contributed by atoms with van der Waals surface area (Å²) in [5.74, 6) is 1.45. The van der Waals surface area contributed by atoms with Crippen molar-refractivity contribution >= 4 is 24.1 Å². The average molecular weight is 413 g/mol. The van der Waals surface area contributed by atoms with Gasteiger partial charge >= 0.3 is 0 Å². The maximum atomic E-state index is 13.0. The SMILES string of the molecule is COc1ccc(-c2c(C)nn(C)c2NC(=O)[C@H]2Cc3ccccc3CN2)cc1.Cl. The van der Waals surface area contributed by atoms with Gasteiger partial charge in [-0.1, -0.05) is 36.4 Å². The lowest BCUT2D eigenvalue weighted by Crippen LogP contribution is -2.45. The Morgan fingerprint density at radius 2 is 1.86 bits per heavy atom. The quantitative estimate of drug-likeness (QED) is 0.688. The summed E-state index contributed by atoms with van der Waals surface area (Å²) >= 11 is 0. The lowest BCUT2D eigenvalue weighted by Gasteiger charge is -2.25. The number of amides is 1. The average Bonchev–Trinajstić information content (AvgIpc) is 3.00. The lowest BCUT2D eigenvalue weighted by atomic mass is 9.95. The Labute approximate surface area is 176 Å². The fourth-order valence-corrected chi connectivity index (χ4v) is 3.75. The number of hydrogen-bond acceptors (Lipinski definition) is 4. The van der Waals surface area contributed by atoms with E-state index < -0.39 is 0 Å². The summed E-state index contributed by atoms with van der Waals surface area (Å²) in [5.41, 5.74) is 5.25. The number of hydrogen-bond donors (Lipinski definition) is 2. The van der Waals surface area contributed by atoms with Gasteiger partial charge in [0.2, 0.25) is 5.91 Å². The third-order valence-electron chi connectivity index (χ3n) is 5.24. The number of carbonyl (C=O) groups is 1. The Kier molecular flexibility index (Phi) is 6.25. The molecule has 4 rings (SSSR count). The highest BCUT2D eigenvalue weighted by Crippen LogP contribution is 2.32. The van der Waals surface area contributed by atoms with Crippen LogP contribution in [0.3, 0.4) is 0 Å². The molecule has 0 bridgehead atoms. The standard InChI is InChI=1S/C22H24N4O2.ClH/c1-14-20(15-8-10-18(28-3)11-9-15)21(26(2)25-14)24-22(27)19-12-16-6-4-5-7-17(16)13-23-19;/h4-11,19,23H,12-13H2,1-3H3,(H,24,27);1H/t19-;/m1./s1. The van der Waals surface area contributed by atoms with E-state index >= 15 is 0 Å². The van der Waals surface area contributed by atoms with Crippen molar-refractivity contribution in [3.05, 3.63) is 65.4 Å². The van der Waals surface area contributed by atoms with E-state index in [0.717, 1.165) is 22.6 Å². The summed E-state index contributed by atoms with van der Waals surface area (Å²) in [7, 11) is 3.49. The highest BCUT2D eigenvalue weighted by atomic mass is 35.5. The topological polar surface area (TPSA) is 68.2 Å². The summed E-state index contributed by atoms with van der Waals surface area (Å²) < 4.78 is 6.97. The fraction of sp³-hybridized carbons (Fsp3) is 0.273. The molecule has 1 amide bonds. The molecule has 1 aromatic heterocycles. The minimum absolute atomic E-state index is 0. The van der Waals surface area contributed by atoms with Crippen molar-refractivity contribution < 1.29 is 9.53 Å². The molecule has 0 unspecified atom stereocenters. The number of nitrogens with zero attached hydrogens (tertiary/aromatic N) is 2. The molecule has 152 valence electrons. The number of rotatable bonds is 4. The van der Waals surface area contributed by atoms with Gasteiger partial charge in [-0.25, -0.2) is 0 Å². The van der Waals surface area contributed by atoms with E-state index in [-0.39, 0.29) is 24.4 Å². The molecule has 0 radical (unpaired) electrons. The van der Waals surface area contributed by atoms with E-state index in [4.69, 9.17) is 4.74 Å². The van der Waals surface area contributed by atoms with Gasteiger partial charge in [-0.2, -0.15) is 5.10 Å². The minimum atomic E-state index is -0.270. The van der Waals surface area contributed by atoms with Crippen LogP contribution in [0.25, 0.3) is 11.1 Å². The molecule has 0 fully saturated rings. The number of aryl methyl sites for hydroxylation is 2. The van der Waals surface area contributed by atoms with Crippen molar-refractivity contribution in [2.45, 2.75) is 25.9 Å². The number of benzene rings is 2. The zero-order chi connectivity index (χ0) is 19.7. The summed E-state index contributed by atoms with van der Waals surface area (Å²) in [5, 5.41) is 10.9. The van der Waals surface area contributed by atoms with Gasteiger partial charge in [-0.05, 0) is 42.2 Å². The minimum Gasteiger partial charge on any atom is -0.497 e. The van der Waals surface area contributed by atoms with Crippen LogP contribution in [-0.2, 0) is 24.8 Å². The van der Waals surface area contributed by atoms with Crippen LogP contribution >= 0.6 is 12.4 Å². The van der Waals surface area contributed by atoms with E-state index in [1.54, 1.807) is 11.8 Å². The van der Waals surface area contributed by atoms with Gasteiger partial charge in [0.05, 0.1) is 18.8 Å². The summed E-state index contributed by atoms with van der Waals surface area (Å²) in [6.07, 6.45) is 0.677. The Morgan fingerprint density at radius 3 is 2.55 bits per heavy atom. The van der Waals surface area contributed by atoms with Gasteiger partial charge in [0.15, 0.2) is 0 Å². The normalized spacial score (nSPS) is 15.2. The molecule has 0 aliphatic carbocycles. The monoisotopic (exact) mass is 412 g/mol. The molecule has 29 heavy (non-hydrogen) atoms. The first-order valence-corrected chi connectivity index (χ1v) is 9.36. The van der Waals surface area contributed by atoms with Gasteiger partial charge < -0.3 is 15.4 Å². The Bertz CT molecular complexity index is 1010. The van der Waals surface area contributed by atoms with Crippen LogP contribution in [0.1, 0.15) is 16.8 Å². The largest absolute Gasteiger partial charge is 0.497 e. The fourth-order valence-electron chi connectivity index (χ4n) is 3.75. The zero-order valence-corrected chi connectivity index (χ0v) is 17.5. The van der Waals surface area contributed by atoms with Crippen molar-refractivity contribution in [1.82, 2.24) is 15.1 Å². The van der Waals surface area contributed by atoms with E-state index in [0.29, 0.717) is 18.8 Å². The third-order valence-corrected chi connectivity index (χ3v) is 5.24. The first kappa shape index (κ1) is 20.9. The van der Waals surface area contributed by atoms with Gasteiger partial charge in [0.25, 0.3) is 0 Å². The Morgan fingerprint density at radius 1 is 1.17 bits per heavy atom. The molecule has 3 aromatic rings. The van der Waals surface area contributed by atoms with Gasteiger partial charge in [0.1, 0.15) is 11.6 Å². The van der Waals surface area contributed by atoms with E-state index in [2.05, 4.69) is 27.9 Å². The first-order valence-electron chi connectivity index (χ1n) is 9.36. The molecule has 1 atom stereocenters. The lowest BCUT2D eigenvalue weighted by molar-refractivity contribution is -0.118. The number of methoxy groups -OCH3 is 1. The number of nitrogens with one attached hydrogen (secondary N) is 2. The Hall–Kier alpha value is -2.83. The van der Waals surface area contributed by atoms with Crippen molar-refractivity contribution in [2.24, 2.45) is 7.05 Å². The van der Waals surface area contributed by atoms with Gasteiger partial charge in [-0.15, -0.1) is 12.4 Å². The molecular formula is C22H25ClN4O2. The molecular weight excluding hydrogens is 388 g/mol. The zero-order valence-electron chi connectivity index (χ0n) is 16.7. The maximum Gasteiger partial charge on any atom is 0.243 e. The van der Waals surface area contributed by atoms with Crippen molar-refractivity contribution in [3.63, 3.8) is 0 Å². The number of ether oxygens (including phenoxy) is 1. The van der Waals surface area contributed by atoms with Crippen LogP contribution in [0, 0.1) is 6.92 Å². The summed E-state index contributed by atoms with van der Waals surface area (Å²) in [4.78, 5) is 13.0. The first-order chi connectivity index (χ1) is 13.6. The smallest absolute Gasteiger partial charge is 0.243 e. The second kappa shape index (κ2) is 8.68. The maximum absolute atomic E-state index is 13.0. The van der Waals surface area contributed by atoms with E-state index in [1.165, 1.54) is 11.1 Å². The van der Waals surface area contributed by atoms with Gasteiger partial charge in [-0.3, -0.25) is 9.48 Å². The highest BCUT2D eigenvalue weighted by Gasteiger charge is 2.26. The molecule has 1 aliphatic heterocycles. The number of halogens is 1. The second-order valence-corrected chi connectivity index (χ2v) is 7.06. The number of aromatic nitrogens is 2. The van der Waals surface area contributed by atoms with Crippen LogP contribution in [-0.4, -0.2) is 28.8 Å². The van der Waals surface area contributed by atoms with Crippen LogP contribution in [0.2, 0.25) is 0 Å². The highest BCUT2D eigenvalue weighted by molar-refractivity contribution is 5.98. The van der Waals surface area contributed by atoms with Crippen molar-refractivity contribution in [1.29, 1.82) is 0 Å². The molecule has 6 nitrogen and oxygen atoms in total. The third kappa shape index (κ3) is 4.13. The van der Waals surface area contributed by atoms with Crippen LogP contribution in [0.5, 0.6) is 5.75 Å². The van der Waals surface area contributed by atoms with Crippen LogP contribution in [0.4, 0.5) is 5.82 Å². The van der Waals surface area contributed by atoms with E-state index in [1.807, 2.05) is 50.4 Å². The van der Waals surface area contributed by atoms with Gasteiger partial charge in [0, 0.05) is 19.2 Å². The molecule has 0 spiro atoms. The molecule has 0 saturated heterocycles. The van der Waals surface area contributed by atoms with E-state index in [9.17, 15) is 4.79 Å². The van der Waals surface area contributed by atoms with Crippen molar-refractivity contribution in [2.75, 3.05) is 12.4 Å². The predicted octanol–water partition coefficient (Wildman–Crippen LogP) is 3.48. The van der Waals surface area contributed by atoms with Crippen molar-refractivity contribution in [3.8, 4) is 16.9 Å². The number of anilines is 1. The molecule has 1 aliphatic rings. The molecule has 2 aromatic carbocycles. The van der Waals surface area contributed by atoms with Crippen LogP contribution < -0.4 is 15.4 Å². The molecule has 7 heteroatoms. The second-order valence-electron chi connectivity index (χ2n) is 7.06. The number of fused-ring (bicyclic) bond motifs is 1. The summed E-state index contributed by atoms with van der Waals surface area (Å²) in [6, 6.07) is 15.7. The number of carbonyl (C=O) groups excluding carboxylic acids is 1. The predicted molar refractivity (Wildman–Crippen MR) is 117 cm³/mol.